The molecular formula is C14H19ClN2O. The van der Waals surface area contributed by atoms with E-state index in [0.29, 0.717) is 28.7 Å². The number of nitrogens with zero attached hydrogens (tertiary/aromatic N) is 1. The highest BCUT2D eigenvalue weighted by Crippen LogP contribution is 2.29. The molecular weight excluding hydrogens is 248 g/mol. The van der Waals surface area contributed by atoms with Gasteiger partial charge in [0, 0.05) is 13.1 Å². The fourth-order valence-electron chi connectivity index (χ4n) is 2.23. The molecule has 4 heteroatoms. The van der Waals surface area contributed by atoms with Gasteiger partial charge in [-0.05, 0) is 37.8 Å². The molecule has 1 aromatic rings. The fourth-order valence-corrected chi connectivity index (χ4v) is 2.43. The van der Waals surface area contributed by atoms with Gasteiger partial charge >= 0.3 is 0 Å². The number of nitrogen functional groups attached to an aromatic ring is 1. The number of halogens is 1. The molecule has 1 amide bonds. The van der Waals surface area contributed by atoms with E-state index in [9.17, 15) is 4.79 Å². The molecule has 1 aliphatic rings. The predicted molar refractivity (Wildman–Crippen MR) is 74.8 cm³/mol. The summed E-state index contributed by atoms with van der Waals surface area (Å²) in [7, 11) is 0. The van der Waals surface area contributed by atoms with Crippen molar-refractivity contribution >= 4 is 23.2 Å². The summed E-state index contributed by atoms with van der Waals surface area (Å²) < 4.78 is 0. The molecule has 1 saturated carbocycles. The SMILES string of the molecule is CCN(CC1CCC1)C(=O)c1cccc(N)c1Cl. The number of carbonyl (C=O) groups is 1. The molecule has 0 bridgehead atoms. The lowest BCUT2D eigenvalue weighted by atomic mass is 9.85. The minimum atomic E-state index is -0.0123. The second-order valence-electron chi connectivity index (χ2n) is 4.85. The zero-order valence-electron chi connectivity index (χ0n) is 10.7. The van der Waals surface area contributed by atoms with Crippen molar-refractivity contribution in [2.24, 2.45) is 5.92 Å². The normalized spacial score (nSPS) is 15.2. The van der Waals surface area contributed by atoms with Gasteiger partial charge in [0.1, 0.15) is 0 Å². The van der Waals surface area contributed by atoms with Crippen molar-refractivity contribution in [2.75, 3.05) is 18.8 Å². The van der Waals surface area contributed by atoms with Crippen LogP contribution in [0, 0.1) is 5.92 Å². The Morgan fingerprint density at radius 2 is 2.22 bits per heavy atom. The van der Waals surface area contributed by atoms with Crippen molar-refractivity contribution in [1.29, 1.82) is 0 Å². The van der Waals surface area contributed by atoms with Crippen LogP contribution in [0.4, 0.5) is 5.69 Å². The molecule has 18 heavy (non-hydrogen) atoms. The molecule has 0 aromatic heterocycles. The number of anilines is 1. The van der Waals surface area contributed by atoms with Crippen LogP contribution < -0.4 is 5.73 Å². The second-order valence-corrected chi connectivity index (χ2v) is 5.23. The molecule has 0 atom stereocenters. The predicted octanol–water partition coefficient (Wildman–Crippen LogP) is 3.18. The largest absolute Gasteiger partial charge is 0.398 e. The number of amides is 1. The summed E-state index contributed by atoms with van der Waals surface area (Å²) in [4.78, 5) is 14.3. The number of rotatable bonds is 4. The Balaban J connectivity index is 2.14. The minimum Gasteiger partial charge on any atom is -0.398 e. The molecule has 2 N–H and O–H groups in total. The first-order valence-corrected chi connectivity index (χ1v) is 6.84. The maximum atomic E-state index is 12.4. The number of nitrogens with two attached hydrogens (primary N) is 1. The fraction of sp³-hybridized carbons (Fsp3) is 0.500. The van der Waals surface area contributed by atoms with E-state index >= 15 is 0 Å². The molecule has 0 aliphatic heterocycles. The Hall–Kier alpha value is -1.22. The van der Waals surface area contributed by atoms with Crippen molar-refractivity contribution in [3.63, 3.8) is 0 Å². The van der Waals surface area contributed by atoms with Gasteiger partial charge in [-0.2, -0.15) is 0 Å². The average molecular weight is 267 g/mol. The number of carbonyl (C=O) groups excluding carboxylic acids is 1. The van der Waals surface area contributed by atoms with E-state index < -0.39 is 0 Å². The first kappa shape index (κ1) is 13.2. The summed E-state index contributed by atoms with van der Waals surface area (Å²) in [6.45, 7) is 3.54. The van der Waals surface area contributed by atoms with Crippen LogP contribution in [-0.4, -0.2) is 23.9 Å². The summed E-state index contributed by atoms with van der Waals surface area (Å²) in [5, 5.41) is 0.370. The van der Waals surface area contributed by atoms with Crippen LogP contribution in [0.15, 0.2) is 18.2 Å². The van der Waals surface area contributed by atoms with Gasteiger partial charge in [0.25, 0.3) is 5.91 Å². The molecule has 1 aromatic carbocycles. The highest BCUT2D eigenvalue weighted by atomic mass is 35.5. The van der Waals surface area contributed by atoms with Gasteiger partial charge in [0.15, 0.2) is 0 Å². The Kier molecular flexibility index (Phi) is 4.12. The highest BCUT2D eigenvalue weighted by Gasteiger charge is 2.24. The molecule has 98 valence electrons. The Morgan fingerprint density at radius 1 is 1.50 bits per heavy atom. The van der Waals surface area contributed by atoms with Crippen molar-refractivity contribution in [1.82, 2.24) is 4.90 Å². The van der Waals surface area contributed by atoms with Gasteiger partial charge in [-0.3, -0.25) is 4.79 Å². The smallest absolute Gasteiger partial charge is 0.255 e. The van der Waals surface area contributed by atoms with Crippen LogP contribution in [0.5, 0.6) is 0 Å². The molecule has 0 radical (unpaired) electrons. The summed E-state index contributed by atoms with van der Waals surface area (Å²) in [6, 6.07) is 5.22. The van der Waals surface area contributed by atoms with Gasteiger partial charge in [0.2, 0.25) is 0 Å². The van der Waals surface area contributed by atoms with E-state index in [4.69, 9.17) is 17.3 Å². The van der Waals surface area contributed by atoms with Crippen molar-refractivity contribution in [3.8, 4) is 0 Å². The summed E-state index contributed by atoms with van der Waals surface area (Å²) in [5.41, 5.74) is 6.71. The quantitative estimate of drug-likeness (QED) is 0.851. The van der Waals surface area contributed by atoms with Crippen LogP contribution in [-0.2, 0) is 0 Å². The summed E-state index contributed by atoms with van der Waals surface area (Å²) in [5.74, 6) is 0.649. The van der Waals surface area contributed by atoms with Crippen LogP contribution in [0.1, 0.15) is 36.5 Å². The highest BCUT2D eigenvalue weighted by molar-refractivity contribution is 6.36. The van der Waals surface area contributed by atoms with E-state index in [0.717, 1.165) is 6.54 Å². The molecule has 0 unspecified atom stereocenters. The van der Waals surface area contributed by atoms with Gasteiger partial charge < -0.3 is 10.6 Å². The Labute approximate surface area is 113 Å². The molecule has 1 fully saturated rings. The second kappa shape index (κ2) is 5.61. The maximum absolute atomic E-state index is 12.4. The maximum Gasteiger partial charge on any atom is 0.255 e. The molecule has 0 saturated heterocycles. The lowest BCUT2D eigenvalue weighted by Crippen LogP contribution is -2.37. The third-order valence-corrected chi connectivity index (χ3v) is 4.05. The number of hydrogen-bond donors (Lipinski definition) is 1. The zero-order valence-corrected chi connectivity index (χ0v) is 11.4. The number of hydrogen-bond acceptors (Lipinski definition) is 2. The first-order chi connectivity index (χ1) is 8.63. The van der Waals surface area contributed by atoms with E-state index in [1.165, 1.54) is 19.3 Å². The lowest BCUT2D eigenvalue weighted by Gasteiger charge is -2.32. The Bertz CT molecular complexity index is 443. The van der Waals surface area contributed by atoms with Crippen LogP contribution in [0.2, 0.25) is 5.02 Å². The van der Waals surface area contributed by atoms with E-state index in [-0.39, 0.29) is 5.91 Å². The molecule has 3 nitrogen and oxygen atoms in total. The standard InChI is InChI=1S/C14H19ClN2O/c1-2-17(9-10-5-3-6-10)14(18)11-7-4-8-12(16)13(11)15/h4,7-8,10H,2-3,5-6,9,16H2,1H3. The third kappa shape index (κ3) is 2.61. The first-order valence-electron chi connectivity index (χ1n) is 6.46. The molecule has 0 spiro atoms. The topological polar surface area (TPSA) is 46.3 Å². The monoisotopic (exact) mass is 266 g/mol. The average Bonchev–Trinajstić information content (AvgIpc) is 2.31. The minimum absolute atomic E-state index is 0.0123. The van der Waals surface area contributed by atoms with Crippen molar-refractivity contribution in [2.45, 2.75) is 26.2 Å². The van der Waals surface area contributed by atoms with Crippen molar-refractivity contribution in [3.05, 3.63) is 28.8 Å². The molecule has 2 rings (SSSR count). The van der Waals surface area contributed by atoms with Crippen LogP contribution in [0.25, 0.3) is 0 Å². The summed E-state index contributed by atoms with van der Waals surface area (Å²) >= 11 is 6.10. The lowest BCUT2D eigenvalue weighted by molar-refractivity contribution is 0.0706. The molecule has 0 heterocycles. The van der Waals surface area contributed by atoms with E-state index in [1.807, 2.05) is 11.8 Å². The van der Waals surface area contributed by atoms with Crippen LogP contribution >= 0.6 is 11.6 Å². The zero-order chi connectivity index (χ0) is 13.1. The number of benzene rings is 1. The van der Waals surface area contributed by atoms with E-state index in [2.05, 4.69) is 0 Å². The Morgan fingerprint density at radius 3 is 2.78 bits per heavy atom. The van der Waals surface area contributed by atoms with Gasteiger partial charge in [0.05, 0.1) is 16.3 Å². The van der Waals surface area contributed by atoms with Gasteiger partial charge in [-0.25, -0.2) is 0 Å². The van der Waals surface area contributed by atoms with Gasteiger partial charge in [-0.1, -0.05) is 24.1 Å². The third-order valence-electron chi connectivity index (χ3n) is 3.63. The molecule has 1 aliphatic carbocycles. The summed E-state index contributed by atoms with van der Waals surface area (Å²) in [6.07, 6.45) is 3.75. The van der Waals surface area contributed by atoms with E-state index in [1.54, 1.807) is 18.2 Å². The van der Waals surface area contributed by atoms with Gasteiger partial charge in [-0.15, -0.1) is 0 Å². The van der Waals surface area contributed by atoms with Crippen LogP contribution in [0.3, 0.4) is 0 Å². The van der Waals surface area contributed by atoms with Crippen molar-refractivity contribution < 1.29 is 4.79 Å².